The van der Waals surface area contributed by atoms with Crippen LogP contribution in [0.5, 0.6) is 0 Å². The van der Waals surface area contributed by atoms with Crippen LogP contribution < -0.4 is 0 Å². The highest BCUT2D eigenvalue weighted by molar-refractivity contribution is 7.90. The number of aromatic nitrogens is 2. The highest BCUT2D eigenvalue weighted by Gasteiger charge is 2.12. The lowest BCUT2D eigenvalue weighted by Gasteiger charge is -1.87. The van der Waals surface area contributed by atoms with E-state index in [0.717, 1.165) is 6.26 Å². The summed E-state index contributed by atoms with van der Waals surface area (Å²) in [6.45, 7) is 0. The van der Waals surface area contributed by atoms with E-state index in [1.165, 1.54) is 10.8 Å². The maximum absolute atomic E-state index is 10.9. The Morgan fingerprint density at radius 1 is 1.58 bits per heavy atom. The Bertz CT molecular complexity index is 404. The maximum Gasteiger partial charge on any atom is 0.194 e. The van der Waals surface area contributed by atoms with E-state index >= 15 is 0 Å². The molecule has 0 aliphatic rings. The molecule has 1 heterocycles. The van der Waals surface area contributed by atoms with Crippen molar-refractivity contribution in [1.82, 2.24) is 9.55 Å². The van der Waals surface area contributed by atoms with Crippen LogP contribution in [0, 0.1) is 0 Å². The maximum atomic E-state index is 10.9. The molecule has 0 spiro atoms. The monoisotopic (exact) mass is 188 g/mol. The third kappa shape index (κ3) is 1.53. The zero-order chi connectivity index (χ0) is 9.35. The zero-order valence-electron chi connectivity index (χ0n) is 6.68. The number of sulfone groups is 1. The first-order valence-corrected chi connectivity index (χ1v) is 5.03. The van der Waals surface area contributed by atoms with E-state index in [4.69, 9.17) is 0 Å². The smallest absolute Gasteiger partial charge is 0.194 e. The van der Waals surface area contributed by atoms with Gasteiger partial charge in [-0.05, 0) is 0 Å². The quantitative estimate of drug-likeness (QED) is 0.594. The molecule has 0 fully saturated rings. The van der Waals surface area contributed by atoms with Gasteiger partial charge >= 0.3 is 0 Å². The van der Waals surface area contributed by atoms with Gasteiger partial charge < -0.3 is 4.57 Å². The molecule has 0 saturated carbocycles. The van der Waals surface area contributed by atoms with Crippen molar-refractivity contribution in [2.75, 3.05) is 6.26 Å². The average Bonchev–Trinajstić information content (AvgIpc) is 2.29. The van der Waals surface area contributed by atoms with Gasteiger partial charge in [0.15, 0.2) is 27.0 Å². The van der Waals surface area contributed by atoms with Crippen molar-refractivity contribution in [3.05, 3.63) is 12.0 Å². The molecule has 1 rings (SSSR count). The molecule has 0 unspecified atom stereocenters. The van der Waals surface area contributed by atoms with Crippen LogP contribution >= 0.6 is 0 Å². The lowest BCUT2D eigenvalue weighted by molar-refractivity contribution is 0.111. The molecule has 0 aromatic carbocycles. The largest absolute Gasteiger partial charge is 0.330 e. The van der Waals surface area contributed by atoms with Gasteiger partial charge in [0.25, 0.3) is 0 Å². The fourth-order valence-electron chi connectivity index (χ4n) is 0.741. The molecule has 1 aromatic heterocycles. The van der Waals surface area contributed by atoms with Crippen LogP contribution in [0.2, 0.25) is 0 Å². The highest BCUT2D eigenvalue weighted by Crippen LogP contribution is 2.05. The Kier molecular flexibility index (Phi) is 2.01. The van der Waals surface area contributed by atoms with Crippen LogP contribution in [-0.4, -0.2) is 30.5 Å². The summed E-state index contributed by atoms with van der Waals surface area (Å²) in [6, 6.07) is 0. The lowest BCUT2D eigenvalue weighted by atomic mass is 10.7. The van der Waals surface area contributed by atoms with Crippen molar-refractivity contribution < 1.29 is 13.2 Å². The first kappa shape index (κ1) is 8.92. The number of hydrogen-bond acceptors (Lipinski definition) is 4. The van der Waals surface area contributed by atoms with Crippen LogP contribution in [0.15, 0.2) is 11.2 Å². The summed E-state index contributed by atoms with van der Waals surface area (Å²) in [5, 5.41) is -0.0768. The van der Waals surface area contributed by atoms with E-state index in [9.17, 15) is 13.2 Å². The SMILES string of the molecule is Cn1cc(S(C)(=O)=O)nc1C=O. The van der Waals surface area contributed by atoms with Gasteiger partial charge in [0, 0.05) is 19.5 Å². The Balaban J connectivity index is 3.32. The van der Waals surface area contributed by atoms with E-state index in [1.807, 2.05) is 0 Å². The molecular weight excluding hydrogens is 180 g/mol. The number of carbonyl (C=O) groups excluding carboxylic acids is 1. The van der Waals surface area contributed by atoms with Gasteiger partial charge in [-0.2, -0.15) is 0 Å². The van der Waals surface area contributed by atoms with Crippen molar-refractivity contribution in [3.8, 4) is 0 Å². The molecule has 0 bridgehead atoms. The summed E-state index contributed by atoms with van der Waals surface area (Å²) < 4.78 is 23.2. The highest BCUT2D eigenvalue weighted by atomic mass is 32.2. The van der Waals surface area contributed by atoms with E-state index in [1.54, 1.807) is 7.05 Å². The number of nitrogens with zero attached hydrogens (tertiary/aromatic N) is 2. The first-order valence-electron chi connectivity index (χ1n) is 3.13. The fraction of sp³-hybridized carbons (Fsp3) is 0.333. The number of carbonyl (C=O) groups is 1. The summed E-state index contributed by atoms with van der Waals surface area (Å²) in [5.74, 6) is 0.107. The Labute approximate surface area is 70.0 Å². The Hall–Kier alpha value is -1.17. The van der Waals surface area contributed by atoms with Crippen LogP contribution in [0.4, 0.5) is 0 Å². The minimum Gasteiger partial charge on any atom is -0.330 e. The molecule has 0 aliphatic carbocycles. The van der Waals surface area contributed by atoms with E-state index in [0.29, 0.717) is 6.29 Å². The third-order valence-electron chi connectivity index (χ3n) is 1.38. The van der Waals surface area contributed by atoms with Crippen molar-refractivity contribution >= 4 is 16.1 Å². The molecule has 1 aromatic rings. The number of aldehydes is 1. The van der Waals surface area contributed by atoms with Crippen molar-refractivity contribution in [1.29, 1.82) is 0 Å². The van der Waals surface area contributed by atoms with Crippen LogP contribution in [-0.2, 0) is 16.9 Å². The van der Waals surface area contributed by atoms with Gasteiger partial charge in [0.2, 0.25) is 0 Å². The standard InChI is InChI=1S/C6H8N2O3S/c1-8-3-6(12(2,10)11)7-5(8)4-9/h3-4H,1-2H3. The third-order valence-corrected chi connectivity index (χ3v) is 2.33. The molecule has 0 atom stereocenters. The fourth-order valence-corrected chi connectivity index (χ4v) is 1.35. The minimum absolute atomic E-state index is 0.0768. The Morgan fingerprint density at radius 2 is 2.17 bits per heavy atom. The molecule has 0 amide bonds. The van der Waals surface area contributed by atoms with E-state index in [-0.39, 0.29) is 10.9 Å². The zero-order valence-corrected chi connectivity index (χ0v) is 7.50. The summed E-state index contributed by atoms with van der Waals surface area (Å²) in [6.07, 6.45) is 2.86. The molecule has 66 valence electrons. The van der Waals surface area contributed by atoms with Gasteiger partial charge in [0.05, 0.1) is 0 Å². The summed E-state index contributed by atoms with van der Waals surface area (Å²) in [4.78, 5) is 13.9. The second kappa shape index (κ2) is 2.71. The number of aryl methyl sites for hydroxylation is 1. The summed E-state index contributed by atoms with van der Waals surface area (Å²) in [7, 11) is -1.74. The predicted molar refractivity (Wildman–Crippen MR) is 41.7 cm³/mol. The molecule has 0 N–H and O–H groups in total. The number of imidazole rings is 1. The van der Waals surface area contributed by atoms with E-state index in [2.05, 4.69) is 4.98 Å². The number of rotatable bonds is 2. The number of hydrogen-bond donors (Lipinski definition) is 0. The molecule has 0 radical (unpaired) electrons. The summed E-state index contributed by atoms with van der Waals surface area (Å²) in [5.41, 5.74) is 0. The Morgan fingerprint density at radius 3 is 2.42 bits per heavy atom. The van der Waals surface area contributed by atoms with Crippen molar-refractivity contribution in [3.63, 3.8) is 0 Å². The normalized spacial score (nSPS) is 11.5. The molecule has 5 nitrogen and oxygen atoms in total. The van der Waals surface area contributed by atoms with E-state index < -0.39 is 9.84 Å². The second-order valence-corrected chi connectivity index (χ2v) is 4.40. The molecular formula is C6H8N2O3S. The van der Waals surface area contributed by atoms with Gasteiger partial charge in [-0.3, -0.25) is 4.79 Å². The van der Waals surface area contributed by atoms with Gasteiger partial charge in [-0.15, -0.1) is 0 Å². The molecule has 6 heteroatoms. The molecule has 0 saturated heterocycles. The summed E-state index contributed by atoms with van der Waals surface area (Å²) >= 11 is 0. The topological polar surface area (TPSA) is 69.0 Å². The van der Waals surface area contributed by atoms with Crippen LogP contribution in [0.25, 0.3) is 0 Å². The second-order valence-electron chi connectivity index (χ2n) is 2.44. The van der Waals surface area contributed by atoms with Crippen molar-refractivity contribution in [2.24, 2.45) is 7.05 Å². The van der Waals surface area contributed by atoms with Gasteiger partial charge in [-0.25, -0.2) is 13.4 Å². The molecule has 0 aliphatic heterocycles. The minimum atomic E-state index is -3.31. The van der Waals surface area contributed by atoms with Gasteiger partial charge in [0.1, 0.15) is 0 Å². The lowest BCUT2D eigenvalue weighted by Crippen LogP contribution is -1.97. The predicted octanol–water partition coefficient (Wildman–Crippen LogP) is -0.364. The molecule has 12 heavy (non-hydrogen) atoms. The first-order chi connectivity index (χ1) is 5.45. The van der Waals surface area contributed by atoms with Gasteiger partial charge in [-0.1, -0.05) is 0 Å². The van der Waals surface area contributed by atoms with Crippen LogP contribution in [0.3, 0.4) is 0 Å². The van der Waals surface area contributed by atoms with Crippen molar-refractivity contribution in [2.45, 2.75) is 5.03 Å². The average molecular weight is 188 g/mol. The van der Waals surface area contributed by atoms with Crippen LogP contribution in [0.1, 0.15) is 10.6 Å².